The molecule has 0 saturated carbocycles. The number of urea groups is 1. The SMILES string of the molecule is CC(C)(C)OC(=O)CC1(O)CCN(c2ccc3c(N4CCC(=O)NC4=O)cnn3c2)CC1. The Morgan fingerprint density at radius 1 is 1.22 bits per heavy atom. The molecule has 0 unspecified atom stereocenters. The van der Waals surface area contributed by atoms with Crippen molar-refractivity contribution < 1.29 is 24.2 Å². The summed E-state index contributed by atoms with van der Waals surface area (Å²) in [6.45, 7) is 6.93. The second-order valence-electron chi connectivity index (χ2n) is 9.48. The number of carbonyl (C=O) groups is 3. The van der Waals surface area contributed by atoms with Gasteiger partial charge in [0.05, 0.1) is 41.3 Å². The Hall–Kier alpha value is -3.14. The number of ether oxygens (including phenoxy) is 1. The van der Waals surface area contributed by atoms with Crippen molar-refractivity contribution in [3.05, 3.63) is 24.5 Å². The van der Waals surface area contributed by atoms with Gasteiger partial charge in [-0.15, -0.1) is 0 Å². The van der Waals surface area contributed by atoms with E-state index < -0.39 is 17.2 Å². The van der Waals surface area contributed by atoms with Crippen molar-refractivity contribution in [2.45, 2.75) is 57.7 Å². The number of rotatable bonds is 4. The van der Waals surface area contributed by atoms with E-state index in [4.69, 9.17) is 4.74 Å². The minimum absolute atomic E-state index is 0.0138. The molecule has 2 aliphatic rings. The molecule has 4 rings (SSSR count). The average Bonchev–Trinajstić information content (AvgIpc) is 3.09. The van der Waals surface area contributed by atoms with Crippen molar-refractivity contribution in [1.29, 1.82) is 0 Å². The number of anilines is 2. The summed E-state index contributed by atoms with van der Waals surface area (Å²) in [6.07, 6.45) is 4.64. The summed E-state index contributed by atoms with van der Waals surface area (Å²) in [7, 11) is 0. The highest BCUT2D eigenvalue weighted by Gasteiger charge is 2.36. The molecule has 0 spiro atoms. The van der Waals surface area contributed by atoms with Gasteiger partial charge in [0.2, 0.25) is 5.91 Å². The van der Waals surface area contributed by atoms with Gasteiger partial charge < -0.3 is 14.7 Å². The van der Waals surface area contributed by atoms with Crippen LogP contribution in [0.3, 0.4) is 0 Å². The number of pyridine rings is 1. The van der Waals surface area contributed by atoms with Crippen LogP contribution >= 0.6 is 0 Å². The van der Waals surface area contributed by atoms with Gasteiger partial charge in [-0.05, 0) is 45.7 Å². The van der Waals surface area contributed by atoms with E-state index in [1.165, 1.54) is 4.90 Å². The lowest BCUT2D eigenvalue weighted by Crippen LogP contribution is -2.49. The van der Waals surface area contributed by atoms with E-state index in [1.54, 1.807) is 10.7 Å². The van der Waals surface area contributed by atoms with Crippen LogP contribution in [-0.4, -0.2) is 63.5 Å². The molecule has 3 amide bonds. The van der Waals surface area contributed by atoms with Crippen molar-refractivity contribution in [3.63, 3.8) is 0 Å². The third kappa shape index (κ3) is 4.69. The molecule has 0 atom stereocenters. The van der Waals surface area contributed by atoms with Crippen LogP contribution in [0.15, 0.2) is 24.5 Å². The third-order valence-electron chi connectivity index (χ3n) is 5.78. The Kier molecular flexibility index (Phi) is 5.58. The van der Waals surface area contributed by atoms with Crippen LogP contribution < -0.4 is 15.1 Å². The normalized spacial score (nSPS) is 19.2. The molecule has 172 valence electrons. The number of esters is 1. The fourth-order valence-electron chi connectivity index (χ4n) is 4.15. The second kappa shape index (κ2) is 8.09. The van der Waals surface area contributed by atoms with Crippen molar-refractivity contribution in [3.8, 4) is 0 Å². The summed E-state index contributed by atoms with van der Waals surface area (Å²) in [5.74, 6) is -0.663. The third-order valence-corrected chi connectivity index (χ3v) is 5.78. The first kappa shape index (κ1) is 22.1. The average molecular weight is 444 g/mol. The van der Waals surface area contributed by atoms with E-state index in [-0.39, 0.29) is 24.7 Å². The molecule has 2 aliphatic heterocycles. The van der Waals surface area contributed by atoms with E-state index >= 15 is 0 Å². The number of hydrogen-bond donors (Lipinski definition) is 2. The van der Waals surface area contributed by atoms with Crippen LogP contribution in [0, 0.1) is 0 Å². The topological polar surface area (TPSA) is 116 Å². The molecule has 10 heteroatoms. The molecule has 2 fully saturated rings. The van der Waals surface area contributed by atoms with Crippen LogP contribution in [0.1, 0.15) is 46.5 Å². The summed E-state index contributed by atoms with van der Waals surface area (Å²) in [5.41, 5.74) is 0.700. The Labute approximate surface area is 186 Å². The first-order valence-electron chi connectivity index (χ1n) is 10.8. The van der Waals surface area contributed by atoms with Gasteiger partial charge in [-0.25, -0.2) is 9.31 Å². The Balaban J connectivity index is 1.43. The lowest BCUT2D eigenvalue weighted by atomic mass is 9.88. The first-order valence-corrected chi connectivity index (χ1v) is 10.8. The fraction of sp³-hybridized carbons (Fsp3) is 0.545. The van der Waals surface area contributed by atoms with Crippen molar-refractivity contribution >= 4 is 34.8 Å². The van der Waals surface area contributed by atoms with Crippen molar-refractivity contribution in [2.24, 2.45) is 0 Å². The van der Waals surface area contributed by atoms with E-state index in [2.05, 4.69) is 15.3 Å². The summed E-state index contributed by atoms with van der Waals surface area (Å²) in [6, 6.07) is 3.40. The van der Waals surface area contributed by atoms with E-state index in [1.807, 2.05) is 39.1 Å². The number of aliphatic hydroxyl groups is 1. The van der Waals surface area contributed by atoms with Gasteiger partial charge in [0, 0.05) is 26.1 Å². The maximum absolute atomic E-state index is 12.2. The minimum Gasteiger partial charge on any atom is -0.460 e. The second-order valence-corrected chi connectivity index (χ2v) is 9.48. The van der Waals surface area contributed by atoms with Gasteiger partial charge in [0.15, 0.2) is 0 Å². The zero-order valence-corrected chi connectivity index (χ0v) is 18.6. The van der Waals surface area contributed by atoms with Gasteiger partial charge in [0.25, 0.3) is 0 Å². The number of imide groups is 1. The standard InChI is InChI=1S/C22H29N5O5/c1-21(2,3)32-19(29)12-22(31)7-10-25(11-8-22)15-4-5-16-17(13-23-27(16)14-15)26-9-6-18(28)24-20(26)30/h4-5,13-14,31H,6-12H2,1-3H3,(H,24,28,30). The molecule has 10 nitrogen and oxygen atoms in total. The predicted molar refractivity (Wildman–Crippen MR) is 118 cm³/mol. The van der Waals surface area contributed by atoms with Crippen LogP contribution in [0.5, 0.6) is 0 Å². The maximum atomic E-state index is 12.2. The number of piperidine rings is 1. The molecule has 2 aromatic rings. The number of hydrogen-bond acceptors (Lipinski definition) is 7. The molecule has 4 heterocycles. The number of fused-ring (bicyclic) bond motifs is 1. The molecule has 2 saturated heterocycles. The largest absolute Gasteiger partial charge is 0.460 e. The molecule has 2 aromatic heterocycles. The Morgan fingerprint density at radius 3 is 2.59 bits per heavy atom. The molecule has 0 bridgehead atoms. The lowest BCUT2D eigenvalue weighted by Gasteiger charge is -2.39. The highest BCUT2D eigenvalue weighted by molar-refractivity contribution is 6.07. The number of amides is 3. The molecule has 32 heavy (non-hydrogen) atoms. The number of carbonyl (C=O) groups excluding carboxylic acids is 3. The first-order chi connectivity index (χ1) is 15.0. The van der Waals surface area contributed by atoms with Gasteiger partial charge in [0.1, 0.15) is 5.60 Å². The molecule has 0 radical (unpaired) electrons. The van der Waals surface area contributed by atoms with Crippen LogP contribution in [0.2, 0.25) is 0 Å². The molecule has 0 aromatic carbocycles. The smallest absolute Gasteiger partial charge is 0.328 e. The van der Waals surface area contributed by atoms with Gasteiger partial charge >= 0.3 is 12.0 Å². The Morgan fingerprint density at radius 2 is 1.94 bits per heavy atom. The molecule has 2 N–H and O–H groups in total. The Bertz CT molecular complexity index is 1050. The van der Waals surface area contributed by atoms with Crippen molar-refractivity contribution in [1.82, 2.24) is 14.9 Å². The highest BCUT2D eigenvalue weighted by atomic mass is 16.6. The zero-order chi connectivity index (χ0) is 23.1. The molecular formula is C22H29N5O5. The van der Waals surface area contributed by atoms with Gasteiger partial charge in [-0.3, -0.25) is 19.8 Å². The summed E-state index contributed by atoms with van der Waals surface area (Å²) < 4.78 is 7.06. The quantitative estimate of drug-likeness (QED) is 0.693. The van der Waals surface area contributed by atoms with Crippen LogP contribution in [0.4, 0.5) is 16.2 Å². The van der Waals surface area contributed by atoms with Gasteiger partial charge in [-0.1, -0.05) is 0 Å². The van der Waals surface area contributed by atoms with Crippen molar-refractivity contribution in [2.75, 3.05) is 29.4 Å². The van der Waals surface area contributed by atoms with E-state index in [9.17, 15) is 19.5 Å². The van der Waals surface area contributed by atoms with Crippen LogP contribution in [0.25, 0.3) is 5.52 Å². The van der Waals surface area contributed by atoms with Gasteiger partial charge in [-0.2, -0.15) is 5.10 Å². The summed E-state index contributed by atoms with van der Waals surface area (Å²) in [5, 5.41) is 17.6. The van der Waals surface area contributed by atoms with E-state index in [0.717, 1.165) is 11.2 Å². The number of aromatic nitrogens is 2. The fourth-order valence-corrected chi connectivity index (χ4v) is 4.15. The van der Waals surface area contributed by atoms with Crippen LogP contribution in [-0.2, 0) is 14.3 Å². The summed E-state index contributed by atoms with van der Waals surface area (Å²) in [4.78, 5) is 39.4. The zero-order valence-electron chi connectivity index (χ0n) is 18.6. The maximum Gasteiger partial charge on any atom is 0.328 e. The lowest BCUT2D eigenvalue weighted by molar-refractivity contribution is -0.161. The monoisotopic (exact) mass is 443 g/mol. The minimum atomic E-state index is -1.07. The molecular weight excluding hydrogens is 414 g/mol. The number of nitrogens with zero attached hydrogens (tertiary/aromatic N) is 4. The van der Waals surface area contributed by atoms with E-state index in [0.29, 0.717) is 38.2 Å². The highest BCUT2D eigenvalue weighted by Crippen LogP contribution is 2.31. The molecule has 0 aliphatic carbocycles. The summed E-state index contributed by atoms with van der Waals surface area (Å²) >= 11 is 0. The predicted octanol–water partition coefficient (Wildman–Crippen LogP) is 1.84. The number of nitrogens with one attached hydrogen (secondary N) is 1.